The molecule has 68 valence electrons. The highest BCUT2D eigenvalue weighted by atomic mass is 32.1. The van der Waals surface area contributed by atoms with E-state index >= 15 is 0 Å². The van der Waals surface area contributed by atoms with Crippen molar-refractivity contribution >= 4 is 12.6 Å². The Labute approximate surface area is 80.5 Å². The Morgan fingerprint density at radius 1 is 1.17 bits per heavy atom. The fraction of sp³-hybridized carbons (Fsp3) is 1.00. The quantitative estimate of drug-likeness (QED) is 0.592. The van der Waals surface area contributed by atoms with Gasteiger partial charge >= 0.3 is 0 Å². The van der Waals surface area contributed by atoms with Crippen LogP contribution in [0.5, 0.6) is 0 Å². The van der Waals surface area contributed by atoms with Gasteiger partial charge in [0.2, 0.25) is 0 Å². The summed E-state index contributed by atoms with van der Waals surface area (Å²) in [6.07, 6.45) is 7.67. The Morgan fingerprint density at radius 3 is 2.17 bits per heavy atom. The fourth-order valence-electron chi connectivity index (χ4n) is 4.54. The number of hydrogen-bond donors (Lipinski definition) is 1. The summed E-state index contributed by atoms with van der Waals surface area (Å²) in [7, 11) is 0. The molecule has 4 fully saturated rings. The van der Waals surface area contributed by atoms with Gasteiger partial charge in [-0.05, 0) is 55.3 Å². The van der Waals surface area contributed by atoms with E-state index in [2.05, 4.69) is 6.92 Å². The minimum atomic E-state index is 0.651. The lowest BCUT2D eigenvalue weighted by Crippen LogP contribution is -2.30. The number of hydrogen-bond acceptors (Lipinski definition) is 1. The predicted molar refractivity (Wildman–Crippen MR) is 54.4 cm³/mol. The van der Waals surface area contributed by atoms with E-state index in [9.17, 15) is 0 Å². The van der Waals surface area contributed by atoms with E-state index in [1.807, 2.05) is 0 Å². The zero-order valence-electron chi connectivity index (χ0n) is 7.79. The molecule has 0 heterocycles. The van der Waals surface area contributed by atoms with Gasteiger partial charge in [-0.1, -0.05) is 6.92 Å². The highest BCUT2D eigenvalue weighted by molar-refractivity contribution is 7.81. The summed E-state index contributed by atoms with van der Waals surface area (Å²) in [5.74, 6) is 3.25. The van der Waals surface area contributed by atoms with Crippen molar-refractivity contribution in [3.63, 3.8) is 0 Å². The van der Waals surface area contributed by atoms with Gasteiger partial charge in [0, 0.05) is 5.25 Å². The molecule has 0 spiro atoms. The molecule has 4 aliphatic carbocycles. The van der Waals surface area contributed by atoms with Crippen LogP contribution in [0, 0.1) is 23.2 Å². The standard InChI is InChI=1S/C11H18S/c1-7(12)11-5-8-2-9(6-11)4-10(11)3-8/h7-10,12H,2-6H2,1H3. The summed E-state index contributed by atoms with van der Waals surface area (Å²) < 4.78 is 0. The molecular weight excluding hydrogens is 164 g/mol. The molecule has 0 saturated heterocycles. The fourth-order valence-corrected chi connectivity index (χ4v) is 4.96. The average Bonchev–Trinajstić information content (AvgIpc) is 2.37. The Hall–Kier alpha value is 0.350. The summed E-state index contributed by atoms with van der Waals surface area (Å²) >= 11 is 4.72. The molecule has 3 atom stereocenters. The van der Waals surface area contributed by atoms with Gasteiger partial charge in [-0.2, -0.15) is 12.6 Å². The second-order valence-electron chi connectivity index (χ2n) is 5.45. The summed E-state index contributed by atoms with van der Waals surface area (Å²) in [4.78, 5) is 0. The third kappa shape index (κ3) is 0.767. The first-order valence-corrected chi connectivity index (χ1v) is 5.90. The molecule has 1 heteroatoms. The van der Waals surface area contributed by atoms with Crippen molar-refractivity contribution in [2.45, 2.75) is 44.3 Å². The van der Waals surface area contributed by atoms with Gasteiger partial charge in [-0.3, -0.25) is 0 Å². The smallest absolute Gasteiger partial charge is 0.00478 e. The van der Waals surface area contributed by atoms with Crippen molar-refractivity contribution in [2.75, 3.05) is 0 Å². The largest absolute Gasteiger partial charge is 0.176 e. The van der Waals surface area contributed by atoms with Crippen LogP contribution in [-0.2, 0) is 0 Å². The van der Waals surface area contributed by atoms with Crippen LogP contribution < -0.4 is 0 Å². The van der Waals surface area contributed by atoms with Crippen LogP contribution in [0.15, 0.2) is 0 Å². The van der Waals surface area contributed by atoms with E-state index < -0.39 is 0 Å². The second-order valence-corrected chi connectivity index (χ2v) is 6.23. The lowest BCUT2D eigenvalue weighted by atomic mass is 9.73. The molecule has 3 unspecified atom stereocenters. The van der Waals surface area contributed by atoms with Crippen molar-refractivity contribution < 1.29 is 0 Å². The van der Waals surface area contributed by atoms with Gasteiger partial charge in [-0.25, -0.2) is 0 Å². The zero-order valence-corrected chi connectivity index (χ0v) is 8.69. The van der Waals surface area contributed by atoms with Crippen LogP contribution in [0.25, 0.3) is 0 Å². The average molecular weight is 182 g/mol. The molecule has 0 aromatic rings. The summed E-state index contributed by atoms with van der Waals surface area (Å²) in [5, 5.41) is 0.651. The van der Waals surface area contributed by atoms with Crippen molar-refractivity contribution in [2.24, 2.45) is 23.2 Å². The van der Waals surface area contributed by atoms with E-state index in [-0.39, 0.29) is 0 Å². The molecule has 0 radical (unpaired) electrons. The van der Waals surface area contributed by atoms with Crippen LogP contribution in [0.4, 0.5) is 0 Å². The lowest BCUT2D eigenvalue weighted by Gasteiger charge is -2.36. The summed E-state index contributed by atoms with van der Waals surface area (Å²) in [6, 6.07) is 0. The molecular formula is C11H18S. The van der Waals surface area contributed by atoms with Crippen LogP contribution in [0.3, 0.4) is 0 Å². The number of thiol groups is 1. The minimum Gasteiger partial charge on any atom is -0.176 e. The van der Waals surface area contributed by atoms with E-state index in [0.29, 0.717) is 10.7 Å². The Kier molecular flexibility index (Phi) is 1.44. The van der Waals surface area contributed by atoms with E-state index in [0.717, 1.165) is 17.8 Å². The van der Waals surface area contributed by atoms with E-state index in [1.165, 1.54) is 12.8 Å². The topological polar surface area (TPSA) is 0 Å². The molecule has 0 N–H and O–H groups in total. The molecule has 0 aromatic carbocycles. The molecule has 0 aliphatic heterocycles. The second kappa shape index (κ2) is 2.23. The first-order valence-electron chi connectivity index (χ1n) is 5.39. The molecule has 0 nitrogen and oxygen atoms in total. The molecule has 12 heavy (non-hydrogen) atoms. The van der Waals surface area contributed by atoms with Crippen molar-refractivity contribution in [3.8, 4) is 0 Å². The summed E-state index contributed by atoms with van der Waals surface area (Å²) in [6.45, 7) is 2.33. The lowest BCUT2D eigenvalue weighted by molar-refractivity contribution is 0.201. The van der Waals surface area contributed by atoms with Gasteiger partial charge in [0.15, 0.2) is 0 Å². The van der Waals surface area contributed by atoms with E-state index in [1.54, 1.807) is 19.3 Å². The van der Waals surface area contributed by atoms with Gasteiger partial charge in [0.05, 0.1) is 0 Å². The first-order chi connectivity index (χ1) is 5.71. The minimum absolute atomic E-state index is 0.651. The maximum Gasteiger partial charge on any atom is 0.00478 e. The Balaban J connectivity index is 1.98. The summed E-state index contributed by atoms with van der Waals surface area (Å²) in [5.41, 5.74) is 0.691. The Bertz CT molecular complexity index is 195. The normalized spacial score (nSPS) is 58.0. The molecule has 4 rings (SSSR count). The van der Waals surface area contributed by atoms with Gasteiger partial charge in [0.1, 0.15) is 0 Å². The monoisotopic (exact) mass is 182 g/mol. The van der Waals surface area contributed by atoms with Crippen LogP contribution in [0.1, 0.15) is 39.0 Å². The third-order valence-corrected chi connectivity index (χ3v) is 5.40. The van der Waals surface area contributed by atoms with Gasteiger partial charge in [-0.15, -0.1) is 0 Å². The highest BCUT2D eigenvalue weighted by Gasteiger charge is 2.58. The van der Waals surface area contributed by atoms with Crippen LogP contribution in [-0.4, -0.2) is 5.25 Å². The maximum atomic E-state index is 4.72. The maximum absolute atomic E-state index is 4.72. The Morgan fingerprint density at radius 2 is 1.75 bits per heavy atom. The van der Waals surface area contributed by atoms with Crippen molar-refractivity contribution in [1.29, 1.82) is 0 Å². The van der Waals surface area contributed by atoms with Crippen molar-refractivity contribution in [3.05, 3.63) is 0 Å². The van der Waals surface area contributed by atoms with E-state index in [4.69, 9.17) is 12.6 Å². The molecule has 4 aliphatic rings. The third-order valence-electron chi connectivity index (χ3n) is 4.88. The molecule has 0 amide bonds. The zero-order chi connectivity index (χ0) is 8.34. The highest BCUT2D eigenvalue weighted by Crippen LogP contribution is 2.67. The molecule has 4 bridgehead atoms. The van der Waals surface area contributed by atoms with Crippen molar-refractivity contribution in [1.82, 2.24) is 0 Å². The molecule has 4 saturated carbocycles. The van der Waals surface area contributed by atoms with Crippen LogP contribution in [0.2, 0.25) is 0 Å². The molecule has 0 aromatic heterocycles. The SMILES string of the molecule is CC(S)C12CC3CC(CC1C3)C2. The number of rotatable bonds is 1. The van der Waals surface area contributed by atoms with Gasteiger partial charge in [0.25, 0.3) is 0 Å². The predicted octanol–water partition coefficient (Wildman–Crippen LogP) is 3.13. The van der Waals surface area contributed by atoms with Gasteiger partial charge < -0.3 is 0 Å². The first kappa shape index (κ1) is 7.73. The van der Waals surface area contributed by atoms with Crippen LogP contribution >= 0.6 is 12.6 Å².